The Bertz CT molecular complexity index is 657. The molecule has 0 aliphatic rings. The highest BCUT2D eigenvalue weighted by atomic mass is 32.2. The van der Waals surface area contributed by atoms with Gasteiger partial charge in [-0.15, -0.1) is 0 Å². The molecule has 4 heteroatoms. The first kappa shape index (κ1) is 11.1. The average Bonchev–Trinajstić information content (AvgIpc) is 2.17. The molecule has 0 aromatic heterocycles. The first-order valence-electron chi connectivity index (χ1n) is 4.87. The van der Waals surface area contributed by atoms with E-state index in [-0.39, 0.29) is 4.90 Å². The minimum Gasteiger partial charge on any atom is -0.282 e. The third-order valence-corrected chi connectivity index (χ3v) is 3.64. The summed E-state index contributed by atoms with van der Waals surface area (Å²) in [6.45, 7) is 3.88. The van der Waals surface area contributed by atoms with E-state index in [2.05, 4.69) is 0 Å². The Morgan fingerprint density at radius 1 is 1.06 bits per heavy atom. The van der Waals surface area contributed by atoms with Crippen molar-refractivity contribution in [2.75, 3.05) is 0 Å². The average molecular weight is 236 g/mol. The van der Waals surface area contributed by atoms with Gasteiger partial charge in [-0.1, -0.05) is 18.2 Å². The van der Waals surface area contributed by atoms with Crippen LogP contribution in [-0.4, -0.2) is 13.0 Å². The van der Waals surface area contributed by atoms with Gasteiger partial charge in [-0.25, -0.2) is 0 Å². The van der Waals surface area contributed by atoms with Crippen molar-refractivity contribution in [1.82, 2.24) is 0 Å². The summed E-state index contributed by atoms with van der Waals surface area (Å²) in [6, 6.07) is 8.57. The molecule has 0 atom stereocenters. The molecular formula is C12H12O3S. The Hall–Kier alpha value is -1.39. The zero-order valence-corrected chi connectivity index (χ0v) is 9.88. The predicted molar refractivity (Wildman–Crippen MR) is 63.2 cm³/mol. The second kappa shape index (κ2) is 3.57. The van der Waals surface area contributed by atoms with E-state index < -0.39 is 10.1 Å². The van der Waals surface area contributed by atoms with Gasteiger partial charge in [0.15, 0.2) is 0 Å². The van der Waals surface area contributed by atoms with Crippen LogP contribution < -0.4 is 0 Å². The molecule has 2 rings (SSSR count). The smallest absolute Gasteiger partial charge is 0.282 e. The Morgan fingerprint density at radius 2 is 1.69 bits per heavy atom. The summed E-state index contributed by atoms with van der Waals surface area (Å²) in [5.74, 6) is 0. The lowest BCUT2D eigenvalue weighted by Crippen LogP contribution is -1.99. The van der Waals surface area contributed by atoms with Crippen LogP contribution >= 0.6 is 0 Å². The summed E-state index contributed by atoms with van der Waals surface area (Å²) in [5.41, 5.74) is 2.10. The summed E-state index contributed by atoms with van der Waals surface area (Å²) in [5, 5.41) is 1.38. The number of benzene rings is 2. The molecule has 0 saturated carbocycles. The lowest BCUT2D eigenvalue weighted by Gasteiger charge is -2.07. The molecule has 0 saturated heterocycles. The highest BCUT2D eigenvalue weighted by Gasteiger charge is 2.13. The Labute approximate surface area is 94.5 Å². The Kier molecular flexibility index (Phi) is 2.48. The molecule has 0 bridgehead atoms. The maximum Gasteiger partial charge on any atom is 0.295 e. The molecule has 0 spiro atoms. The van der Waals surface area contributed by atoms with Crippen molar-refractivity contribution in [1.29, 1.82) is 0 Å². The van der Waals surface area contributed by atoms with Crippen molar-refractivity contribution in [2.24, 2.45) is 0 Å². The van der Waals surface area contributed by atoms with Crippen molar-refractivity contribution in [3.05, 3.63) is 41.5 Å². The normalized spacial score (nSPS) is 11.9. The van der Waals surface area contributed by atoms with Crippen LogP contribution in [0.2, 0.25) is 0 Å². The summed E-state index contributed by atoms with van der Waals surface area (Å²) < 4.78 is 31.5. The molecule has 3 nitrogen and oxygen atoms in total. The van der Waals surface area contributed by atoms with Crippen LogP contribution in [0.5, 0.6) is 0 Å². The summed E-state index contributed by atoms with van der Waals surface area (Å²) >= 11 is 0. The fourth-order valence-corrected chi connectivity index (χ4v) is 2.45. The molecule has 2 aromatic carbocycles. The van der Waals surface area contributed by atoms with Gasteiger partial charge >= 0.3 is 0 Å². The number of rotatable bonds is 1. The number of hydrogen-bond donors (Lipinski definition) is 1. The van der Waals surface area contributed by atoms with Crippen LogP contribution in [0.15, 0.2) is 35.2 Å². The van der Waals surface area contributed by atoms with E-state index in [1.54, 1.807) is 12.1 Å². The fraction of sp³-hybridized carbons (Fsp3) is 0.167. The molecule has 16 heavy (non-hydrogen) atoms. The van der Waals surface area contributed by atoms with Gasteiger partial charge in [-0.3, -0.25) is 4.55 Å². The Balaban J connectivity index is 2.93. The van der Waals surface area contributed by atoms with E-state index in [4.69, 9.17) is 4.55 Å². The molecule has 0 fully saturated rings. The molecule has 0 heterocycles. The van der Waals surface area contributed by atoms with E-state index in [0.29, 0.717) is 5.39 Å². The van der Waals surface area contributed by atoms with Gasteiger partial charge in [0.05, 0.1) is 0 Å². The highest BCUT2D eigenvalue weighted by molar-refractivity contribution is 7.86. The van der Waals surface area contributed by atoms with Crippen LogP contribution in [0.25, 0.3) is 10.8 Å². The second-order valence-electron chi connectivity index (χ2n) is 3.89. The molecule has 0 aliphatic heterocycles. The molecule has 0 radical (unpaired) electrons. The van der Waals surface area contributed by atoms with E-state index in [1.165, 1.54) is 6.07 Å². The van der Waals surface area contributed by atoms with Gasteiger partial charge in [0.2, 0.25) is 0 Å². The standard InChI is InChI=1S/C12H12O3S/c1-8-6-10-4-3-5-12(16(13,14)15)11(10)7-9(8)2/h3-7H,1-2H3,(H,13,14,15). The van der Waals surface area contributed by atoms with Gasteiger partial charge in [0.1, 0.15) is 4.90 Å². The molecule has 1 N–H and O–H groups in total. The molecule has 84 valence electrons. The van der Waals surface area contributed by atoms with Crippen molar-refractivity contribution in [3.63, 3.8) is 0 Å². The summed E-state index contributed by atoms with van der Waals surface area (Å²) in [4.78, 5) is -0.0342. The van der Waals surface area contributed by atoms with Crippen molar-refractivity contribution in [3.8, 4) is 0 Å². The summed E-state index contributed by atoms with van der Waals surface area (Å²) in [6.07, 6.45) is 0. The molecular weight excluding hydrogens is 224 g/mol. The lowest BCUT2D eigenvalue weighted by molar-refractivity contribution is 0.484. The van der Waals surface area contributed by atoms with E-state index >= 15 is 0 Å². The van der Waals surface area contributed by atoms with Crippen LogP contribution in [0, 0.1) is 13.8 Å². The first-order chi connectivity index (χ1) is 7.39. The van der Waals surface area contributed by atoms with E-state index in [0.717, 1.165) is 16.5 Å². The molecule has 0 amide bonds. The maximum atomic E-state index is 11.2. The minimum atomic E-state index is -4.16. The van der Waals surface area contributed by atoms with Crippen LogP contribution in [-0.2, 0) is 10.1 Å². The number of hydrogen-bond acceptors (Lipinski definition) is 2. The lowest BCUT2D eigenvalue weighted by atomic mass is 10.0. The quantitative estimate of drug-likeness (QED) is 0.774. The number of fused-ring (bicyclic) bond motifs is 1. The largest absolute Gasteiger partial charge is 0.295 e. The Morgan fingerprint density at radius 3 is 2.31 bits per heavy atom. The maximum absolute atomic E-state index is 11.2. The molecule has 2 aromatic rings. The monoisotopic (exact) mass is 236 g/mol. The topological polar surface area (TPSA) is 54.4 Å². The zero-order chi connectivity index (χ0) is 11.9. The van der Waals surface area contributed by atoms with Crippen LogP contribution in [0.1, 0.15) is 11.1 Å². The van der Waals surface area contributed by atoms with Gasteiger partial charge in [-0.2, -0.15) is 8.42 Å². The third kappa shape index (κ3) is 1.81. The predicted octanol–water partition coefficient (Wildman–Crippen LogP) is 2.70. The highest BCUT2D eigenvalue weighted by Crippen LogP contribution is 2.25. The van der Waals surface area contributed by atoms with Crippen LogP contribution in [0.3, 0.4) is 0 Å². The SMILES string of the molecule is Cc1cc2cccc(S(=O)(=O)O)c2cc1C. The minimum absolute atomic E-state index is 0.0342. The first-order valence-corrected chi connectivity index (χ1v) is 6.31. The fourth-order valence-electron chi connectivity index (χ4n) is 1.74. The number of aryl methyl sites for hydroxylation is 2. The van der Waals surface area contributed by atoms with Gasteiger partial charge in [0, 0.05) is 5.39 Å². The van der Waals surface area contributed by atoms with Crippen molar-refractivity contribution < 1.29 is 13.0 Å². The van der Waals surface area contributed by atoms with E-state index in [9.17, 15) is 8.42 Å². The van der Waals surface area contributed by atoms with Gasteiger partial charge < -0.3 is 0 Å². The van der Waals surface area contributed by atoms with Crippen molar-refractivity contribution in [2.45, 2.75) is 18.7 Å². The zero-order valence-electron chi connectivity index (χ0n) is 9.06. The molecule has 0 unspecified atom stereocenters. The summed E-state index contributed by atoms with van der Waals surface area (Å²) in [7, 11) is -4.16. The second-order valence-corrected chi connectivity index (χ2v) is 5.28. The third-order valence-electron chi connectivity index (χ3n) is 2.73. The van der Waals surface area contributed by atoms with Crippen LogP contribution in [0.4, 0.5) is 0 Å². The van der Waals surface area contributed by atoms with Gasteiger partial charge in [0.25, 0.3) is 10.1 Å². The van der Waals surface area contributed by atoms with Crippen molar-refractivity contribution >= 4 is 20.9 Å². The van der Waals surface area contributed by atoms with E-state index in [1.807, 2.05) is 26.0 Å². The molecule has 0 aliphatic carbocycles. The van der Waals surface area contributed by atoms with Gasteiger partial charge in [-0.05, 0) is 42.5 Å².